The lowest BCUT2D eigenvalue weighted by molar-refractivity contribution is -0.117. The molecule has 3 aromatic heterocycles. The van der Waals surface area contributed by atoms with Gasteiger partial charge in [0.05, 0.1) is 36.4 Å². The van der Waals surface area contributed by atoms with E-state index < -0.39 is 30.5 Å². The number of imidazole rings is 2. The van der Waals surface area contributed by atoms with E-state index in [0.717, 1.165) is 12.1 Å². The minimum atomic E-state index is -2.65. The molecule has 0 atom stereocenters. The molecule has 0 fully saturated rings. The molecule has 4 aromatic rings. The van der Waals surface area contributed by atoms with Gasteiger partial charge in [0.2, 0.25) is 5.91 Å². The molecule has 30 heavy (non-hydrogen) atoms. The average molecular weight is 417 g/mol. The van der Waals surface area contributed by atoms with E-state index >= 15 is 0 Å². The first-order chi connectivity index (χ1) is 14.3. The monoisotopic (exact) mass is 417 g/mol. The fourth-order valence-electron chi connectivity index (χ4n) is 3.31. The molecule has 2 N–H and O–H groups in total. The van der Waals surface area contributed by atoms with Gasteiger partial charge in [0.15, 0.2) is 11.6 Å². The van der Waals surface area contributed by atoms with Gasteiger partial charge in [0.1, 0.15) is 5.65 Å². The summed E-state index contributed by atoms with van der Waals surface area (Å²) in [6.45, 7) is -0.637. The number of alkyl halides is 2. The van der Waals surface area contributed by atoms with Crippen molar-refractivity contribution >= 4 is 11.6 Å². The molecule has 0 bridgehead atoms. The van der Waals surface area contributed by atoms with E-state index in [-0.39, 0.29) is 17.7 Å². The maximum atomic E-state index is 13.8. The quantitative estimate of drug-likeness (QED) is 0.488. The lowest BCUT2D eigenvalue weighted by Crippen LogP contribution is -2.14. The molecule has 3 heterocycles. The van der Waals surface area contributed by atoms with Gasteiger partial charge in [-0.2, -0.15) is 0 Å². The number of nitrogens with zero attached hydrogens (tertiary/aromatic N) is 4. The van der Waals surface area contributed by atoms with E-state index in [0.29, 0.717) is 22.6 Å². The highest BCUT2D eigenvalue weighted by atomic mass is 19.3. The second-order valence-corrected chi connectivity index (χ2v) is 6.65. The van der Waals surface area contributed by atoms with Crippen LogP contribution in [0.4, 0.5) is 17.6 Å². The number of carbonyl (C=O) groups excluding carboxylic acids is 1. The Kier molecular flexibility index (Phi) is 4.98. The van der Waals surface area contributed by atoms with Gasteiger partial charge in [-0.25, -0.2) is 27.5 Å². The lowest BCUT2D eigenvalue weighted by Gasteiger charge is -2.12. The van der Waals surface area contributed by atoms with E-state index in [1.165, 1.54) is 23.2 Å². The molecule has 0 saturated carbocycles. The van der Waals surface area contributed by atoms with Crippen LogP contribution < -0.4 is 5.73 Å². The van der Waals surface area contributed by atoms with Crippen molar-refractivity contribution < 1.29 is 22.4 Å². The third-order valence-electron chi connectivity index (χ3n) is 4.58. The van der Waals surface area contributed by atoms with Gasteiger partial charge in [-0.1, -0.05) is 0 Å². The van der Waals surface area contributed by atoms with Gasteiger partial charge in [0.25, 0.3) is 6.43 Å². The molecule has 0 aliphatic carbocycles. The second kappa shape index (κ2) is 7.62. The smallest absolute Gasteiger partial charge is 0.256 e. The molecule has 0 spiro atoms. The molecule has 0 unspecified atom stereocenters. The Morgan fingerprint density at radius 2 is 1.83 bits per heavy atom. The lowest BCUT2D eigenvalue weighted by atomic mass is 10.1. The third kappa shape index (κ3) is 3.63. The average Bonchev–Trinajstić information content (AvgIpc) is 3.27. The van der Waals surface area contributed by atoms with Gasteiger partial charge in [-0.05, 0) is 30.3 Å². The minimum Gasteiger partial charge on any atom is -0.369 e. The molecule has 154 valence electrons. The summed E-state index contributed by atoms with van der Waals surface area (Å²) < 4.78 is 56.3. The van der Waals surface area contributed by atoms with E-state index in [1.807, 2.05) is 0 Å². The number of nitrogens with two attached hydrogens (primary N) is 1. The highest BCUT2D eigenvalue weighted by Gasteiger charge is 2.19. The molecule has 0 saturated heterocycles. The van der Waals surface area contributed by atoms with Crippen molar-refractivity contribution in [3.05, 3.63) is 66.4 Å². The molecule has 6 nitrogen and oxygen atoms in total. The first-order valence-corrected chi connectivity index (χ1v) is 8.87. The molecule has 1 amide bonds. The zero-order valence-corrected chi connectivity index (χ0v) is 15.4. The molecule has 4 rings (SSSR count). The van der Waals surface area contributed by atoms with Crippen LogP contribution in [-0.2, 0) is 17.8 Å². The summed E-state index contributed by atoms with van der Waals surface area (Å²) in [6.07, 6.45) is 1.62. The van der Waals surface area contributed by atoms with Crippen LogP contribution in [-0.4, -0.2) is 31.3 Å². The van der Waals surface area contributed by atoms with Gasteiger partial charge < -0.3 is 14.7 Å². The maximum Gasteiger partial charge on any atom is 0.256 e. The largest absolute Gasteiger partial charge is 0.369 e. The van der Waals surface area contributed by atoms with Crippen LogP contribution in [0.2, 0.25) is 0 Å². The van der Waals surface area contributed by atoms with E-state index in [2.05, 4.69) is 9.97 Å². The summed E-state index contributed by atoms with van der Waals surface area (Å²) in [5, 5.41) is 0. The molecule has 0 aliphatic rings. The number of rotatable bonds is 6. The number of amides is 1. The van der Waals surface area contributed by atoms with Crippen LogP contribution in [0.5, 0.6) is 0 Å². The van der Waals surface area contributed by atoms with E-state index in [4.69, 9.17) is 5.73 Å². The van der Waals surface area contributed by atoms with Gasteiger partial charge >= 0.3 is 0 Å². The van der Waals surface area contributed by atoms with Crippen molar-refractivity contribution in [1.82, 2.24) is 18.9 Å². The molecular formula is C20H15F4N5O. The van der Waals surface area contributed by atoms with E-state index in [1.54, 1.807) is 22.7 Å². The summed E-state index contributed by atoms with van der Waals surface area (Å²) in [4.78, 5) is 19.7. The van der Waals surface area contributed by atoms with Crippen molar-refractivity contribution in [1.29, 1.82) is 0 Å². The highest BCUT2D eigenvalue weighted by Crippen LogP contribution is 2.33. The van der Waals surface area contributed by atoms with Crippen LogP contribution in [0.25, 0.3) is 28.2 Å². The Bertz CT molecular complexity index is 1250. The zero-order valence-electron chi connectivity index (χ0n) is 15.4. The second-order valence-electron chi connectivity index (χ2n) is 6.65. The first-order valence-electron chi connectivity index (χ1n) is 8.87. The van der Waals surface area contributed by atoms with Gasteiger partial charge in [0, 0.05) is 23.5 Å². The van der Waals surface area contributed by atoms with Crippen LogP contribution in [0.1, 0.15) is 5.69 Å². The molecule has 1 aromatic carbocycles. The zero-order chi connectivity index (χ0) is 21.4. The number of benzene rings is 1. The Morgan fingerprint density at radius 3 is 2.53 bits per heavy atom. The standard InChI is InChI=1S/C20H15F4N5O/c21-14-3-1-11(5-15(14)22)19-20(28(10-27-19)9-16(23)24)12-2-4-18-26-7-13(6-17(25)30)29(18)8-12/h1-5,7-8,10,16H,6,9H2,(H2,25,30). The fourth-order valence-corrected chi connectivity index (χ4v) is 3.31. The number of pyridine rings is 1. The van der Waals surface area contributed by atoms with Crippen LogP contribution in [0.15, 0.2) is 49.1 Å². The predicted octanol–water partition coefficient (Wildman–Crippen LogP) is 3.44. The molecule has 0 aliphatic heterocycles. The summed E-state index contributed by atoms with van der Waals surface area (Å²) in [7, 11) is 0. The maximum absolute atomic E-state index is 13.8. The van der Waals surface area contributed by atoms with Crippen LogP contribution in [0, 0.1) is 11.6 Å². The Hall–Kier alpha value is -3.69. The van der Waals surface area contributed by atoms with Crippen molar-refractivity contribution in [2.75, 3.05) is 0 Å². The number of carbonyl (C=O) groups is 1. The minimum absolute atomic E-state index is 0.0586. The van der Waals surface area contributed by atoms with Crippen molar-refractivity contribution in [3.63, 3.8) is 0 Å². The SMILES string of the molecule is NC(=O)Cc1cnc2ccc(-c3c(-c4ccc(F)c(F)c4)ncn3CC(F)F)cn12. The molecular weight excluding hydrogens is 402 g/mol. The molecule has 10 heteroatoms. The number of primary amides is 1. The normalized spacial score (nSPS) is 11.5. The Morgan fingerprint density at radius 1 is 1.07 bits per heavy atom. The first kappa shape index (κ1) is 19.6. The number of fused-ring (bicyclic) bond motifs is 1. The van der Waals surface area contributed by atoms with Crippen LogP contribution >= 0.6 is 0 Å². The number of aromatic nitrogens is 4. The van der Waals surface area contributed by atoms with Crippen molar-refractivity contribution in [3.8, 4) is 22.5 Å². The number of halogens is 4. The summed E-state index contributed by atoms with van der Waals surface area (Å²) in [5.41, 5.74) is 7.54. The van der Waals surface area contributed by atoms with Gasteiger partial charge in [-0.3, -0.25) is 4.79 Å². The third-order valence-corrected chi connectivity index (χ3v) is 4.58. The Labute approximate surface area is 167 Å². The summed E-state index contributed by atoms with van der Waals surface area (Å²) >= 11 is 0. The fraction of sp³-hybridized carbons (Fsp3) is 0.150. The predicted molar refractivity (Wildman–Crippen MR) is 101 cm³/mol. The topological polar surface area (TPSA) is 78.2 Å². The highest BCUT2D eigenvalue weighted by molar-refractivity contribution is 5.79. The molecule has 0 radical (unpaired) electrons. The van der Waals surface area contributed by atoms with Crippen molar-refractivity contribution in [2.45, 2.75) is 19.4 Å². The van der Waals surface area contributed by atoms with Crippen molar-refractivity contribution in [2.24, 2.45) is 5.73 Å². The summed E-state index contributed by atoms with van der Waals surface area (Å²) in [5.74, 6) is -2.65. The van der Waals surface area contributed by atoms with Gasteiger partial charge in [-0.15, -0.1) is 0 Å². The Balaban J connectivity index is 1.90. The number of hydrogen-bond donors (Lipinski definition) is 1. The van der Waals surface area contributed by atoms with Crippen LogP contribution in [0.3, 0.4) is 0 Å². The summed E-state index contributed by atoms with van der Waals surface area (Å²) in [6, 6.07) is 6.53. The van der Waals surface area contributed by atoms with E-state index in [9.17, 15) is 22.4 Å². The number of hydrogen-bond acceptors (Lipinski definition) is 3.